The number of pyridine rings is 1. The summed E-state index contributed by atoms with van der Waals surface area (Å²) < 4.78 is 39.3. The van der Waals surface area contributed by atoms with E-state index in [1.54, 1.807) is 11.4 Å². The topological polar surface area (TPSA) is 79.3 Å². The van der Waals surface area contributed by atoms with E-state index in [4.69, 9.17) is 5.11 Å². The Bertz CT molecular complexity index is 791. The number of hydrogen-bond acceptors (Lipinski definition) is 5. The lowest BCUT2D eigenvalue weighted by Crippen LogP contribution is -2.23. The van der Waals surface area contributed by atoms with E-state index in [1.165, 1.54) is 11.3 Å². The molecule has 0 fully saturated rings. The molecular formula is C13H11FN2O3S2. The summed E-state index contributed by atoms with van der Waals surface area (Å²) in [6.07, 6.45) is 2.02. The molecule has 0 aliphatic carbocycles. The summed E-state index contributed by atoms with van der Waals surface area (Å²) in [7, 11) is -3.81. The molecule has 0 aliphatic heterocycles. The number of nitrogens with zero attached hydrogens (tertiary/aromatic N) is 1. The molecule has 2 N–H and O–H groups in total. The van der Waals surface area contributed by atoms with Gasteiger partial charge in [-0.25, -0.2) is 17.5 Å². The number of sulfonamides is 1. The van der Waals surface area contributed by atoms with Crippen molar-refractivity contribution in [3.8, 4) is 11.8 Å². The number of thiophene rings is 1. The first-order valence-electron chi connectivity index (χ1n) is 5.78. The van der Waals surface area contributed by atoms with Gasteiger partial charge in [0.05, 0.1) is 6.20 Å². The SMILES string of the molecule is O=S(=O)(NCc1cc(C#CCO)cs1)c1cncc(F)c1. The van der Waals surface area contributed by atoms with E-state index in [0.717, 1.165) is 23.3 Å². The standard InChI is InChI=1S/C13H11FN2O3S2/c14-11-5-13(8-15-6-11)21(18,19)16-7-12-4-10(9-20-12)2-1-3-17/h4-6,8-9,16-17H,3,7H2. The molecule has 5 nitrogen and oxygen atoms in total. The van der Waals surface area contributed by atoms with Gasteiger partial charge in [-0.2, -0.15) is 0 Å². The van der Waals surface area contributed by atoms with Crippen molar-refractivity contribution in [3.05, 3.63) is 46.2 Å². The zero-order chi connectivity index (χ0) is 15.3. The van der Waals surface area contributed by atoms with Crippen molar-refractivity contribution in [1.29, 1.82) is 0 Å². The normalized spacial score (nSPS) is 11.0. The number of rotatable bonds is 4. The van der Waals surface area contributed by atoms with Gasteiger partial charge in [0.25, 0.3) is 0 Å². The molecule has 110 valence electrons. The third-order valence-electron chi connectivity index (χ3n) is 2.39. The zero-order valence-electron chi connectivity index (χ0n) is 10.7. The largest absolute Gasteiger partial charge is 0.384 e. The van der Waals surface area contributed by atoms with Gasteiger partial charge in [-0.05, 0) is 12.1 Å². The lowest BCUT2D eigenvalue weighted by atomic mass is 10.3. The molecular weight excluding hydrogens is 315 g/mol. The summed E-state index contributed by atoms with van der Waals surface area (Å²) in [4.78, 5) is 4.04. The van der Waals surface area contributed by atoms with E-state index < -0.39 is 15.8 Å². The predicted molar refractivity (Wildman–Crippen MR) is 76.5 cm³/mol. The second kappa shape index (κ2) is 6.78. The molecule has 21 heavy (non-hydrogen) atoms. The van der Waals surface area contributed by atoms with Gasteiger partial charge in [-0.15, -0.1) is 11.3 Å². The average Bonchev–Trinajstić information content (AvgIpc) is 2.91. The van der Waals surface area contributed by atoms with Crippen molar-refractivity contribution < 1.29 is 17.9 Å². The van der Waals surface area contributed by atoms with Crippen LogP contribution in [0, 0.1) is 17.7 Å². The van der Waals surface area contributed by atoms with Crippen molar-refractivity contribution >= 4 is 21.4 Å². The smallest absolute Gasteiger partial charge is 0.242 e. The molecule has 0 saturated carbocycles. The van der Waals surface area contributed by atoms with Gasteiger partial charge in [-0.1, -0.05) is 11.8 Å². The number of halogens is 1. The van der Waals surface area contributed by atoms with E-state index in [-0.39, 0.29) is 18.0 Å². The fraction of sp³-hybridized carbons (Fsp3) is 0.154. The molecule has 2 aromatic rings. The molecule has 0 saturated heterocycles. The van der Waals surface area contributed by atoms with E-state index >= 15 is 0 Å². The summed E-state index contributed by atoms with van der Waals surface area (Å²) in [5, 5.41) is 10.4. The minimum absolute atomic E-state index is 0.0737. The van der Waals surface area contributed by atoms with Gasteiger partial charge in [0.2, 0.25) is 10.0 Å². The van der Waals surface area contributed by atoms with Gasteiger partial charge in [0.1, 0.15) is 17.3 Å². The predicted octanol–water partition coefficient (Wildman–Crippen LogP) is 1.10. The lowest BCUT2D eigenvalue weighted by Gasteiger charge is -2.04. The van der Waals surface area contributed by atoms with Gasteiger partial charge in [0.15, 0.2) is 0 Å². The molecule has 0 aliphatic rings. The molecule has 2 heterocycles. The maximum atomic E-state index is 13.0. The number of nitrogens with one attached hydrogen (secondary N) is 1. The maximum absolute atomic E-state index is 13.0. The zero-order valence-corrected chi connectivity index (χ0v) is 12.3. The minimum Gasteiger partial charge on any atom is -0.384 e. The van der Waals surface area contributed by atoms with Crippen LogP contribution in [0.3, 0.4) is 0 Å². The summed E-state index contributed by atoms with van der Waals surface area (Å²) >= 11 is 1.34. The van der Waals surface area contributed by atoms with Crippen LogP contribution in [0.15, 0.2) is 34.8 Å². The average molecular weight is 326 g/mol. The highest BCUT2D eigenvalue weighted by Crippen LogP contribution is 2.15. The molecule has 0 aromatic carbocycles. The Labute approximate surface area is 125 Å². The molecule has 0 amide bonds. The molecule has 2 rings (SSSR count). The first-order chi connectivity index (χ1) is 10.0. The van der Waals surface area contributed by atoms with E-state index in [2.05, 4.69) is 21.5 Å². The van der Waals surface area contributed by atoms with E-state index in [1.807, 2.05) is 0 Å². The quantitative estimate of drug-likeness (QED) is 0.825. The van der Waals surface area contributed by atoms with Crippen LogP contribution in [-0.2, 0) is 16.6 Å². The molecule has 0 unspecified atom stereocenters. The Morgan fingerprint density at radius 1 is 1.38 bits per heavy atom. The van der Waals surface area contributed by atoms with Crippen LogP contribution in [0.2, 0.25) is 0 Å². The Morgan fingerprint density at radius 2 is 2.19 bits per heavy atom. The second-order valence-electron chi connectivity index (χ2n) is 3.92. The Kier molecular flexibility index (Phi) is 5.03. The van der Waals surface area contributed by atoms with Crippen molar-refractivity contribution in [3.63, 3.8) is 0 Å². The minimum atomic E-state index is -3.81. The van der Waals surface area contributed by atoms with Crippen LogP contribution >= 0.6 is 11.3 Å². The van der Waals surface area contributed by atoms with E-state index in [9.17, 15) is 12.8 Å². The lowest BCUT2D eigenvalue weighted by molar-refractivity contribution is 0.350. The summed E-state index contributed by atoms with van der Waals surface area (Å²) in [5.41, 5.74) is 0.704. The fourth-order valence-corrected chi connectivity index (χ4v) is 3.30. The molecule has 2 aromatic heterocycles. The fourth-order valence-electron chi connectivity index (χ4n) is 1.47. The number of hydrogen-bond donors (Lipinski definition) is 2. The van der Waals surface area contributed by atoms with Crippen LogP contribution < -0.4 is 4.72 Å². The summed E-state index contributed by atoms with van der Waals surface area (Å²) in [6, 6.07) is 2.63. The number of aromatic nitrogens is 1. The van der Waals surface area contributed by atoms with Crippen molar-refractivity contribution in [2.24, 2.45) is 0 Å². The van der Waals surface area contributed by atoms with Crippen molar-refractivity contribution in [2.75, 3.05) is 6.61 Å². The van der Waals surface area contributed by atoms with Crippen LogP contribution in [0.4, 0.5) is 4.39 Å². The highest BCUT2D eigenvalue weighted by atomic mass is 32.2. The molecule has 0 atom stereocenters. The first kappa shape index (κ1) is 15.6. The van der Waals surface area contributed by atoms with Gasteiger partial charge < -0.3 is 5.11 Å². The second-order valence-corrected chi connectivity index (χ2v) is 6.69. The molecule has 8 heteroatoms. The number of aliphatic hydroxyl groups is 1. The van der Waals surface area contributed by atoms with Gasteiger partial charge in [0, 0.05) is 28.6 Å². The van der Waals surface area contributed by atoms with Crippen LogP contribution in [0.5, 0.6) is 0 Å². The number of aliphatic hydroxyl groups excluding tert-OH is 1. The molecule has 0 radical (unpaired) electrons. The summed E-state index contributed by atoms with van der Waals surface area (Å²) in [5.74, 6) is 4.52. The highest BCUT2D eigenvalue weighted by Gasteiger charge is 2.15. The van der Waals surface area contributed by atoms with Crippen LogP contribution in [0.1, 0.15) is 10.4 Å². The van der Waals surface area contributed by atoms with Crippen molar-refractivity contribution in [1.82, 2.24) is 9.71 Å². The maximum Gasteiger partial charge on any atom is 0.242 e. The highest BCUT2D eigenvalue weighted by molar-refractivity contribution is 7.89. The molecule has 0 spiro atoms. The Balaban J connectivity index is 2.07. The summed E-state index contributed by atoms with van der Waals surface area (Å²) in [6.45, 7) is -0.158. The Hall–Kier alpha value is -1.79. The molecule has 0 bridgehead atoms. The van der Waals surface area contributed by atoms with E-state index in [0.29, 0.717) is 5.56 Å². The first-order valence-corrected chi connectivity index (χ1v) is 8.15. The van der Waals surface area contributed by atoms with Gasteiger partial charge in [-0.3, -0.25) is 4.98 Å². The Morgan fingerprint density at radius 3 is 2.90 bits per heavy atom. The monoisotopic (exact) mass is 326 g/mol. The third kappa shape index (κ3) is 4.34. The van der Waals surface area contributed by atoms with Crippen LogP contribution in [0.25, 0.3) is 0 Å². The third-order valence-corrected chi connectivity index (χ3v) is 4.70. The van der Waals surface area contributed by atoms with Crippen LogP contribution in [-0.4, -0.2) is 25.1 Å². The van der Waals surface area contributed by atoms with Crippen molar-refractivity contribution in [2.45, 2.75) is 11.4 Å². The van der Waals surface area contributed by atoms with Gasteiger partial charge >= 0.3 is 0 Å².